The van der Waals surface area contributed by atoms with Crippen LogP contribution in [0.3, 0.4) is 0 Å². The summed E-state index contributed by atoms with van der Waals surface area (Å²) in [6.07, 6.45) is 2.59. The van der Waals surface area contributed by atoms with Gasteiger partial charge in [-0.15, -0.1) is 5.10 Å². The first-order valence-electron chi connectivity index (χ1n) is 7.39. The fraction of sp³-hybridized carbons (Fsp3) is 0.467. The third kappa shape index (κ3) is 3.10. The summed E-state index contributed by atoms with van der Waals surface area (Å²) >= 11 is 6.32. The minimum Gasteiger partial charge on any atom is -0.325 e. The number of hydrogen-bond donors (Lipinski definition) is 1. The van der Waals surface area contributed by atoms with Gasteiger partial charge in [0.05, 0.1) is 17.3 Å². The zero-order valence-corrected chi connectivity index (χ0v) is 12.8. The summed E-state index contributed by atoms with van der Waals surface area (Å²) in [6, 6.07) is 7.77. The minimum absolute atomic E-state index is 0.365. The molecule has 2 aromatic rings. The van der Waals surface area contributed by atoms with Gasteiger partial charge in [0.25, 0.3) is 0 Å². The van der Waals surface area contributed by atoms with Gasteiger partial charge in [-0.25, -0.2) is 4.68 Å². The summed E-state index contributed by atoms with van der Waals surface area (Å²) in [5.74, 6) is 0. The lowest BCUT2D eigenvalue weighted by Gasteiger charge is -2.15. The molecular weight excluding hydrogens is 286 g/mol. The van der Waals surface area contributed by atoms with Crippen molar-refractivity contribution < 1.29 is 0 Å². The Bertz CT molecular complexity index is 604. The number of rotatable bonds is 5. The average Bonchev–Trinajstić information content (AvgIpc) is 3.14. The third-order valence-electron chi connectivity index (χ3n) is 3.95. The summed E-state index contributed by atoms with van der Waals surface area (Å²) in [4.78, 5) is 2.46. The molecule has 0 unspecified atom stereocenters. The highest BCUT2D eigenvalue weighted by molar-refractivity contribution is 6.33. The van der Waals surface area contributed by atoms with Crippen molar-refractivity contribution in [1.29, 1.82) is 0 Å². The Balaban J connectivity index is 1.87. The number of halogens is 1. The zero-order chi connectivity index (χ0) is 14.7. The Morgan fingerprint density at radius 3 is 2.62 bits per heavy atom. The Hall–Kier alpha value is -1.43. The SMILES string of the molecule is NCc1nnn(CCN2CCCC2)c1-c1ccccc1Cl. The van der Waals surface area contributed by atoms with Crippen LogP contribution in [0.25, 0.3) is 11.3 Å². The van der Waals surface area contributed by atoms with Gasteiger partial charge in [-0.3, -0.25) is 0 Å². The van der Waals surface area contributed by atoms with E-state index >= 15 is 0 Å². The van der Waals surface area contributed by atoms with Crippen molar-refractivity contribution in [3.63, 3.8) is 0 Å². The van der Waals surface area contributed by atoms with Crippen LogP contribution in [0.15, 0.2) is 24.3 Å². The lowest BCUT2D eigenvalue weighted by molar-refractivity contribution is 0.315. The van der Waals surface area contributed by atoms with Crippen molar-refractivity contribution >= 4 is 11.6 Å². The Morgan fingerprint density at radius 2 is 1.90 bits per heavy atom. The first kappa shape index (κ1) is 14.5. The largest absolute Gasteiger partial charge is 0.325 e. The second-order valence-corrected chi connectivity index (χ2v) is 5.75. The van der Waals surface area contributed by atoms with Gasteiger partial charge in [-0.05, 0) is 32.0 Å². The van der Waals surface area contributed by atoms with Crippen LogP contribution >= 0.6 is 11.6 Å². The molecule has 0 aliphatic carbocycles. The lowest BCUT2D eigenvalue weighted by Crippen LogP contribution is -2.24. The molecule has 3 rings (SSSR count). The topological polar surface area (TPSA) is 60.0 Å². The van der Waals surface area contributed by atoms with E-state index in [9.17, 15) is 0 Å². The summed E-state index contributed by atoms with van der Waals surface area (Å²) < 4.78 is 1.93. The molecule has 2 N–H and O–H groups in total. The van der Waals surface area contributed by atoms with Gasteiger partial charge in [-0.1, -0.05) is 35.0 Å². The van der Waals surface area contributed by atoms with Gasteiger partial charge < -0.3 is 10.6 Å². The highest BCUT2D eigenvalue weighted by Gasteiger charge is 2.18. The van der Waals surface area contributed by atoms with Crippen LogP contribution < -0.4 is 5.73 Å². The van der Waals surface area contributed by atoms with Crippen LogP contribution in [-0.4, -0.2) is 39.5 Å². The summed E-state index contributed by atoms with van der Waals surface area (Å²) in [5, 5.41) is 9.18. The molecule has 0 saturated carbocycles. The van der Waals surface area contributed by atoms with E-state index in [-0.39, 0.29) is 0 Å². The van der Waals surface area contributed by atoms with Crippen molar-refractivity contribution in [2.75, 3.05) is 19.6 Å². The smallest absolute Gasteiger partial charge is 0.104 e. The normalized spacial score (nSPS) is 15.7. The number of hydrogen-bond acceptors (Lipinski definition) is 4. The van der Waals surface area contributed by atoms with Crippen LogP contribution in [0.5, 0.6) is 0 Å². The van der Waals surface area contributed by atoms with E-state index in [4.69, 9.17) is 17.3 Å². The van der Waals surface area contributed by atoms with Crippen molar-refractivity contribution in [1.82, 2.24) is 19.9 Å². The molecule has 0 amide bonds. The van der Waals surface area contributed by atoms with Crippen molar-refractivity contribution in [3.8, 4) is 11.3 Å². The predicted molar refractivity (Wildman–Crippen MR) is 84.0 cm³/mol. The number of nitrogens with zero attached hydrogens (tertiary/aromatic N) is 4. The van der Waals surface area contributed by atoms with Crippen LogP contribution in [0.4, 0.5) is 0 Å². The Kier molecular flexibility index (Phi) is 4.53. The first-order valence-corrected chi connectivity index (χ1v) is 7.77. The van der Waals surface area contributed by atoms with Crippen molar-refractivity contribution in [2.45, 2.75) is 25.9 Å². The van der Waals surface area contributed by atoms with E-state index < -0.39 is 0 Å². The van der Waals surface area contributed by atoms with Gasteiger partial charge in [0.2, 0.25) is 0 Å². The molecular formula is C15H20ClN5. The molecule has 1 aliphatic heterocycles. The molecule has 0 bridgehead atoms. The van der Waals surface area contributed by atoms with E-state index in [0.29, 0.717) is 11.6 Å². The quantitative estimate of drug-likeness (QED) is 0.919. The molecule has 6 heteroatoms. The van der Waals surface area contributed by atoms with Crippen LogP contribution in [0, 0.1) is 0 Å². The maximum Gasteiger partial charge on any atom is 0.104 e. The maximum absolute atomic E-state index is 6.32. The highest BCUT2D eigenvalue weighted by Crippen LogP contribution is 2.29. The van der Waals surface area contributed by atoms with E-state index in [1.807, 2.05) is 28.9 Å². The Morgan fingerprint density at radius 1 is 1.14 bits per heavy atom. The molecule has 21 heavy (non-hydrogen) atoms. The number of benzene rings is 1. The summed E-state index contributed by atoms with van der Waals surface area (Å²) in [5.41, 5.74) is 8.49. The molecule has 1 aromatic carbocycles. The number of nitrogens with two attached hydrogens (primary N) is 1. The van der Waals surface area contributed by atoms with Gasteiger partial charge in [0, 0.05) is 18.7 Å². The lowest BCUT2D eigenvalue weighted by atomic mass is 10.1. The third-order valence-corrected chi connectivity index (χ3v) is 4.28. The van der Waals surface area contributed by atoms with Crippen molar-refractivity contribution in [2.24, 2.45) is 5.73 Å². The predicted octanol–water partition coefficient (Wildman–Crippen LogP) is 2.15. The van der Waals surface area contributed by atoms with Crippen LogP contribution in [-0.2, 0) is 13.1 Å². The van der Waals surface area contributed by atoms with E-state index in [2.05, 4.69) is 15.2 Å². The van der Waals surface area contributed by atoms with Gasteiger partial charge in [0.15, 0.2) is 0 Å². The molecule has 1 aromatic heterocycles. The molecule has 0 radical (unpaired) electrons. The standard InChI is InChI=1S/C15H20ClN5/c16-13-6-2-1-5-12(13)15-14(11-17)18-19-21(15)10-9-20-7-3-4-8-20/h1-2,5-6H,3-4,7-11,17H2. The zero-order valence-electron chi connectivity index (χ0n) is 12.0. The first-order chi connectivity index (χ1) is 10.3. The fourth-order valence-electron chi connectivity index (χ4n) is 2.83. The second-order valence-electron chi connectivity index (χ2n) is 5.34. The van der Waals surface area contributed by atoms with Crippen LogP contribution in [0.2, 0.25) is 5.02 Å². The highest BCUT2D eigenvalue weighted by atomic mass is 35.5. The fourth-order valence-corrected chi connectivity index (χ4v) is 3.06. The molecule has 112 valence electrons. The number of aromatic nitrogens is 3. The summed E-state index contributed by atoms with van der Waals surface area (Å²) in [6.45, 7) is 4.53. The Labute approximate surface area is 129 Å². The molecule has 0 spiro atoms. The number of likely N-dealkylation sites (tertiary alicyclic amines) is 1. The molecule has 1 fully saturated rings. The van der Waals surface area contributed by atoms with Gasteiger partial charge >= 0.3 is 0 Å². The van der Waals surface area contributed by atoms with Gasteiger partial charge in [-0.2, -0.15) is 0 Å². The van der Waals surface area contributed by atoms with E-state index in [0.717, 1.165) is 30.0 Å². The van der Waals surface area contributed by atoms with Crippen molar-refractivity contribution in [3.05, 3.63) is 35.0 Å². The molecule has 5 nitrogen and oxygen atoms in total. The van der Waals surface area contributed by atoms with Gasteiger partial charge in [0.1, 0.15) is 5.69 Å². The molecule has 2 heterocycles. The van der Waals surface area contributed by atoms with Crippen LogP contribution in [0.1, 0.15) is 18.5 Å². The molecule has 0 atom stereocenters. The monoisotopic (exact) mass is 305 g/mol. The minimum atomic E-state index is 0.365. The van der Waals surface area contributed by atoms with E-state index in [1.165, 1.54) is 25.9 Å². The second kappa shape index (κ2) is 6.56. The summed E-state index contributed by atoms with van der Waals surface area (Å²) in [7, 11) is 0. The average molecular weight is 306 g/mol. The molecule has 1 aliphatic rings. The van der Waals surface area contributed by atoms with E-state index in [1.54, 1.807) is 0 Å². The molecule has 1 saturated heterocycles. The maximum atomic E-state index is 6.32.